The average molecular weight is 260 g/mol. The fraction of sp³-hybridized carbons (Fsp3) is 0.357. The van der Waals surface area contributed by atoms with E-state index >= 15 is 0 Å². The van der Waals surface area contributed by atoms with E-state index in [-0.39, 0.29) is 0 Å². The Morgan fingerprint density at radius 1 is 1.44 bits per heavy atom. The Balaban J connectivity index is 1.87. The molecule has 1 atom stereocenters. The molecule has 1 aromatic heterocycles. The van der Waals surface area contributed by atoms with Crippen molar-refractivity contribution in [1.29, 1.82) is 0 Å². The van der Waals surface area contributed by atoms with Crippen LogP contribution in [0.2, 0.25) is 0 Å². The number of methoxy groups -OCH3 is 1. The van der Waals surface area contributed by atoms with Gasteiger partial charge in [0.15, 0.2) is 0 Å². The normalized spacial score (nSPS) is 19.1. The van der Waals surface area contributed by atoms with Crippen LogP contribution in [0.5, 0.6) is 5.75 Å². The molecule has 1 saturated heterocycles. The highest BCUT2D eigenvalue weighted by molar-refractivity contribution is 7.13. The first-order valence-electron chi connectivity index (χ1n) is 6.17. The Morgan fingerprint density at radius 2 is 2.39 bits per heavy atom. The molecular formula is C14H16N2OS. The summed E-state index contributed by atoms with van der Waals surface area (Å²) >= 11 is 1.71. The van der Waals surface area contributed by atoms with Gasteiger partial charge >= 0.3 is 0 Å². The van der Waals surface area contributed by atoms with Gasteiger partial charge in [0.1, 0.15) is 10.8 Å². The van der Waals surface area contributed by atoms with Gasteiger partial charge in [0.25, 0.3) is 0 Å². The summed E-state index contributed by atoms with van der Waals surface area (Å²) in [5.74, 6) is 1.47. The van der Waals surface area contributed by atoms with Crippen molar-refractivity contribution >= 4 is 11.3 Å². The third-order valence-corrected chi connectivity index (χ3v) is 4.23. The molecule has 0 spiro atoms. The highest BCUT2D eigenvalue weighted by Crippen LogP contribution is 2.30. The minimum Gasteiger partial charge on any atom is -0.497 e. The molecule has 3 nitrogen and oxygen atoms in total. The zero-order valence-corrected chi connectivity index (χ0v) is 11.2. The first-order valence-corrected chi connectivity index (χ1v) is 7.05. The second kappa shape index (κ2) is 5.08. The van der Waals surface area contributed by atoms with E-state index in [1.54, 1.807) is 18.4 Å². The van der Waals surface area contributed by atoms with Crippen molar-refractivity contribution in [2.45, 2.75) is 12.3 Å². The molecule has 3 rings (SSSR count). The van der Waals surface area contributed by atoms with Gasteiger partial charge in [0, 0.05) is 23.4 Å². The van der Waals surface area contributed by atoms with E-state index in [1.165, 1.54) is 12.1 Å². The van der Waals surface area contributed by atoms with Crippen LogP contribution in [0.25, 0.3) is 10.6 Å². The summed E-state index contributed by atoms with van der Waals surface area (Å²) in [4.78, 5) is 4.76. The molecule has 4 heteroatoms. The molecule has 2 aromatic rings. The third-order valence-electron chi connectivity index (χ3n) is 3.32. The van der Waals surface area contributed by atoms with Crippen LogP contribution in [-0.4, -0.2) is 25.2 Å². The number of hydrogen-bond acceptors (Lipinski definition) is 4. The van der Waals surface area contributed by atoms with Crippen molar-refractivity contribution < 1.29 is 4.74 Å². The van der Waals surface area contributed by atoms with Gasteiger partial charge in [-0.15, -0.1) is 11.3 Å². The van der Waals surface area contributed by atoms with Crippen LogP contribution in [0.15, 0.2) is 29.6 Å². The highest BCUT2D eigenvalue weighted by atomic mass is 32.1. The average Bonchev–Trinajstić information content (AvgIpc) is 3.09. The molecule has 0 saturated carbocycles. The van der Waals surface area contributed by atoms with E-state index < -0.39 is 0 Å². The minimum atomic E-state index is 0.584. The fourth-order valence-electron chi connectivity index (χ4n) is 2.27. The van der Waals surface area contributed by atoms with Gasteiger partial charge in [-0.3, -0.25) is 0 Å². The molecule has 1 fully saturated rings. The van der Waals surface area contributed by atoms with Crippen LogP contribution >= 0.6 is 11.3 Å². The van der Waals surface area contributed by atoms with Gasteiger partial charge < -0.3 is 10.1 Å². The van der Waals surface area contributed by atoms with Crippen LogP contribution in [0.1, 0.15) is 18.0 Å². The number of thiazole rings is 1. The summed E-state index contributed by atoms with van der Waals surface area (Å²) in [5, 5.41) is 6.65. The Morgan fingerprint density at radius 3 is 3.17 bits per heavy atom. The zero-order chi connectivity index (χ0) is 12.4. The molecule has 0 amide bonds. The second-order valence-corrected chi connectivity index (χ2v) is 5.36. The molecule has 94 valence electrons. The van der Waals surface area contributed by atoms with Crippen LogP contribution in [0, 0.1) is 0 Å². The fourth-order valence-corrected chi connectivity index (χ4v) is 3.17. The SMILES string of the molecule is COc1cccc(-c2nc(C3CCNC3)cs2)c1. The van der Waals surface area contributed by atoms with Crippen LogP contribution in [0.3, 0.4) is 0 Å². The molecule has 0 bridgehead atoms. The number of hydrogen-bond donors (Lipinski definition) is 1. The van der Waals surface area contributed by atoms with Crippen LogP contribution in [-0.2, 0) is 0 Å². The van der Waals surface area contributed by atoms with Gasteiger partial charge in [-0.25, -0.2) is 4.98 Å². The number of benzene rings is 1. The molecule has 0 radical (unpaired) electrons. The molecular weight excluding hydrogens is 244 g/mol. The maximum absolute atomic E-state index is 5.25. The standard InChI is InChI=1S/C14H16N2OS/c1-17-12-4-2-3-10(7-12)14-16-13(9-18-14)11-5-6-15-8-11/h2-4,7,9,11,15H,5-6,8H2,1H3. The first-order chi connectivity index (χ1) is 8.86. The zero-order valence-electron chi connectivity index (χ0n) is 10.3. The van der Waals surface area contributed by atoms with Crippen molar-refractivity contribution in [3.8, 4) is 16.3 Å². The Hall–Kier alpha value is -1.39. The van der Waals surface area contributed by atoms with E-state index in [0.717, 1.165) is 29.4 Å². The van der Waals surface area contributed by atoms with Crippen molar-refractivity contribution in [2.75, 3.05) is 20.2 Å². The number of ether oxygens (including phenoxy) is 1. The van der Waals surface area contributed by atoms with Crippen molar-refractivity contribution in [2.24, 2.45) is 0 Å². The predicted octanol–water partition coefficient (Wildman–Crippen LogP) is 2.90. The molecule has 1 aliphatic heterocycles. The largest absolute Gasteiger partial charge is 0.497 e. The number of nitrogens with zero attached hydrogens (tertiary/aromatic N) is 1. The summed E-state index contributed by atoms with van der Waals surface area (Å²) < 4.78 is 5.25. The molecule has 1 aliphatic rings. The molecule has 18 heavy (non-hydrogen) atoms. The molecule has 2 heterocycles. The Kier molecular flexibility index (Phi) is 3.30. The summed E-state index contributed by atoms with van der Waals surface area (Å²) in [6.07, 6.45) is 1.20. The number of rotatable bonds is 3. The lowest BCUT2D eigenvalue weighted by Gasteiger charge is -2.03. The highest BCUT2D eigenvalue weighted by Gasteiger charge is 2.19. The van der Waals surface area contributed by atoms with E-state index in [9.17, 15) is 0 Å². The minimum absolute atomic E-state index is 0.584. The smallest absolute Gasteiger partial charge is 0.123 e. The maximum atomic E-state index is 5.25. The molecule has 1 unspecified atom stereocenters. The van der Waals surface area contributed by atoms with Crippen molar-refractivity contribution in [3.05, 3.63) is 35.3 Å². The van der Waals surface area contributed by atoms with Gasteiger partial charge in [0.05, 0.1) is 12.8 Å². The quantitative estimate of drug-likeness (QED) is 0.921. The van der Waals surface area contributed by atoms with Gasteiger partial charge in [-0.2, -0.15) is 0 Å². The lowest BCUT2D eigenvalue weighted by molar-refractivity contribution is 0.415. The molecule has 1 aromatic carbocycles. The van der Waals surface area contributed by atoms with Gasteiger partial charge in [-0.05, 0) is 25.1 Å². The van der Waals surface area contributed by atoms with Crippen molar-refractivity contribution in [3.63, 3.8) is 0 Å². The number of aromatic nitrogens is 1. The van der Waals surface area contributed by atoms with E-state index in [0.29, 0.717) is 5.92 Å². The molecule has 1 N–H and O–H groups in total. The lowest BCUT2D eigenvalue weighted by atomic mass is 10.1. The van der Waals surface area contributed by atoms with Crippen LogP contribution in [0.4, 0.5) is 0 Å². The summed E-state index contributed by atoms with van der Waals surface area (Å²) in [5.41, 5.74) is 2.36. The topological polar surface area (TPSA) is 34.1 Å². The summed E-state index contributed by atoms with van der Waals surface area (Å²) in [6.45, 7) is 2.16. The lowest BCUT2D eigenvalue weighted by Crippen LogP contribution is -2.08. The van der Waals surface area contributed by atoms with E-state index in [4.69, 9.17) is 9.72 Å². The summed E-state index contributed by atoms with van der Waals surface area (Å²) in [7, 11) is 1.69. The monoisotopic (exact) mass is 260 g/mol. The Bertz CT molecular complexity index is 532. The van der Waals surface area contributed by atoms with Gasteiger partial charge in [-0.1, -0.05) is 12.1 Å². The molecule has 0 aliphatic carbocycles. The van der Waals surface area contributed by atoms with Crippen LogP contribution < -0.4 is 10.1 Å². The first kappa shape index (κ1) is 11.7. The Labute approximate surface area is 111 Å². The number of nitrogens with one attached hydrogen (secondary N) is 1. The third kappa shape index (κ3) is 2.26. The van der Waals surface area contributed by atoms with Gasteiger partial charge in [0.2, 0.25) is 0 Å². The second-order valence-electron chi connectivity index (χ2n) is 4.50. The summed E-state index contributed by atoms with van der Waals surface area (Å²) in [6, 6.07) is 8.08. The van der Waals surface area contributed by atoms with Crippen molar-refractivity contribution in [1.82, 2.24) is 10.3 Å². The van der Waals surface area contributed by atoms with E-state index in [2.05, 4.69) is 16.8 Å². The maximum Gasteiger partial charge on any atom is 0.123 e. The predicted molar refractivity (Wildman–Crippen MR) is 74.3 cm³/mol. The van der Waals surface area contributed by atoms with E-state index in [1.807, 2.05) is 18.2 Å².